The van der Waals surface area contributed by atoms with Gasteiger partial charge in [0.2, 0.25) is 11.8 Å². The van der Waals surface area contributed by atoms with Crippen molar-refractivity contribution in [3.63, 3.8) is 0 Å². The third-order valence-corrected chi connectivity index (χ3v) is 6.27. The number of amides is 2. The summed E-state index contributed by atoms with van der Waals surface area (Å²) in [5.74, 6) is -1.60. The zero-order valence-electron chi connectivity index (χ0n) is 21.4. The van der Waals surface area contributed by atoms with Crippen molar-refractivity contribution in [2.24, 2.45) is 5.73 Å². The molecule has 3 aromatic rings. The Morgan fingerprint density at radius 2 is 1.63 bits per heavy atom. The molecule has 3 rings (SSSR count). The van der Waals surface area contributed by atoms with Crippen LogP contribution >= 0.6 is 11.3 Å². The van der Waals surface area contributed by atoms with Gasteiger partial charge >= 0.3 is 5.97 Å². The van der Waals surface area contributed by atoms with E-state index in [-0.39, 0.29) is 37.4 Å². The molecule has 1 atom stereocenters. The summed E-state index contributed by atoms with van der Waals surface area (Å²) in [5.41, 5.74) is 8.17. The summed E-state index contributed by atoms with van der Waals surface area (Å²) in [6, 6.07) is 15.5. The van der Waals surface area contributed by atoms with Gasteiger partial charge in [-0.3, -0.25) is 24.0 Å². The number of carboxylic acids is 1. The van der Waals surface area contributed by atoms with Crippen molar-refractivity contribution in [1.29, 1.82) is 0 Å². The lowest BCUT2D eigenvalue weighted by Gasteiger charge is -2.15. The SMILES string of the molecule is CCC(=O)O.CC[C@H](NC(=O)CCc1ccc(-c2nc3ccccc3s2)cc1)C(=O)CCC(N)=O.O=CO. The molecule has 0 spiro atoms. The summed E-state index contributed by atoms with van der Waals surface area (Å²) in [6.45, 7) is 3.18. The van der Waals surface area contributed by atoms with Crippen LogP contribution in [0.5, 0.6) is 0 Å². The number of rotatable bonds is 11. The molecule has 11 heteroatoms. The van der Waals surface area contributed by atoms with E-state index in [1.54, 1.807) is 18.3 Å². The van der Waals surface area contributed by atoms with Gasteiger partial charge in [-0.15, -0.1) is 11.3 Å². The molecule has 2 aromatic carbocycles. The topological polar surface area (TPSA) is 177 Å². The molecule has 1 aromatic heterocycles. The lowest BCUT2D eigenvalue weighted by Crippen LogP contribution is -2.40. The predicted octanol–water partition coefficient (Wildman–Crippen LogP) is 3.81. The maximum Gasteiger partial charge on any atom is 0.303 e. The van der Waals surface area contributed by atoms with Gasteiger partial charge in [0.05, 0.1) is 16.3 Å². The Morgan fingerprint density at radius 3 is 2.16 bits per heavy atom. The standard InChI is InChI=1S/C23H25N3O3S.C3H6O2.CH2O2/c1-2-17(19(27)12-13-21(24)28)25-22(29)14-9-15-7-10-16(11-8-15)23-26-18-5-3-4-6-20(18)30-23;1-2-3(4)5;2-1-3/h3-8,10-11,17H,2,9,12-14H2,1H3,(H2,24,28)(H,25,29);2H2,1H3,(H,4,5);1H,(H,2,3)/t17-;;/m0../s1. The number of nitrogens with one attached hydrogen (secondary N) is 1. The number of aryl methyl sites for hydroxylation is 1. The quantitative estimate of drug-likeness (QED) is 0.264. The van der Waals surface area contributed by atoms with Crippen LogP contribution in [0.15, 0.2) is 48.5 Å². The molecule has 0 unspecified atom stereocenters. The molecular weight excluding hydrogens is 510 g/mol. The molecule has 0 aliphatic rings. The van der Waals surface area contributed by atoms with Gasteiger partial charge in [-0.1, -0.05) is 50.2 Å². The molecule has 0 saturated carbocycles. The van der Waals surface area contributed by atoms with Gasteiger partial charge in [0.1, 0.15) is 5.01 Å². The number of fused-ring (bicyclic) bond motifs is 1. The number of carbonyl (C=O) groups is 5. The lowest BCUT2D eigenvalue weighted by molar-refractivity contribution is -0.136. The molecule has 0 saturated heterocycles. The van der Waals surface area contributed by atoms with E-state index in [2.05, 4.69) is 16.4 Å². The molecule has 0 radical (unpaired) electrons. The van der Waals surface area contributed by atoms with Crippen LogP contribution in [0.4, 0.5) is 0 Å². The fourth-order valence-electron chi connectivity index (χ4n) is 3.16. The maximum absolute atomic E-state index is 12.3. The molecule has 10 nitrogen and oxygen atoms in total. The number of hydrogen-bond acceptors (Lipinski definition) is 7. The summed E-state index contributed by atoms with van der Waals surface area (Å²) in [4.78, 5) is 57.6. The fourth-order valence-corrected chi connectivity index (χ4v) is 4.14. The summed E-state index contributed by atoms with van der Waals surface area (Å²) in [7, 11) is 0. The number of hydrogen-bond donors (Lipinski definition) is 4. The highest BCUT2D eigenvalue weighted by atomic mass is 32.1. The minimum Gasteiger partial charge on any atom is -0.483 e. The van der Waals surface area contributed by atoms with Gasteiger partial charge in [0.25, 0.3) is 6.47 Å². The average Bonchev–Trinajstić information content (AvgIpc) is 3.34. The second-order valence-electron chi connectivity index (χ2n) is 8.00. The van der Waals surface area contributed by atoms with E-state index in [0.29, 0.717) is 19.3 Å². The summed E-state index contributed by atoms with van der Waals surface area (Å²) < 4.78 is 1.16. The molecule has 38 heavy (non-hydrogen) atoms. The van der Waals surface area contributed by atoms with Gasteiger partial charge in [-0.25, -0.2) is 4.98 Å². The highest BCUT2D eigenvalue weighted by Crippen LogP contribution is 2.30. The van der Waals surface area contributed by atoms with Crippen LogP contribution in [0, 0.1) is 0 Å². The van der Waals surface area contributed by atoms with Crippen molar-refractivity contribution in [3.8, 4) is 10.6 Å². The Hall–Kier alpha value is -4.12. The van der Waals surface area contributed by atoms with Gasteiger partial charge in [0, 0.05) is 31.2 Å². The fraction of sp³-hybridized carbons (Fsp3) is 0.333. The minimum atomic E-state index is -0.745. The van der Waals surface area contributed by atoms with Crippen LogP contribution in [0.2, 0.25) is 0 Å². The largest absolute Gasteiger partial charge is 0.483 e. The minimum absolute atomic E-state index is 0.00616. The lowest BCUT2D eigenvalue weighted by atomic mass is 10.0. The number of nitrogens with zero attached hydrogens (tertiary/aromatic N) is 1. The Morgan fingerprint density at radius 1 is 1.03 bits per heavy atom. The molecule has 0 aliphatic carbocycles. The Labute approximate surface area is 224 Å². The molecule has 0 bridgehead atoms. The molecule has 204 valence electrons. The number of aliphatic carboxylic acids is 1. The predicted molar refractivity (Wildman–Crippen MR) is 146 cm³/mol. The van der Waals surface area contributed by atoms with Crippen LogP contribution in [0.25, 0.3) is 20.8 Å². The van der Waals surface area contributed by atoms with E-state index in [9.17, 15) is 19.2 Å². The zero-order chi connectivity index (χ0) is 28.5. The van der Waals surface area contributed by atoms with Crippen LogP contribution in [-0.4, -0.2) is 51.3 Å². The number of Topliss-reactive ketones (excluding diaryl/α,β-unsaturated/α-hetero) is 1. The van der Waals surface area contributed by atoms with Gasteiger partial charge in [0.15, 0.2) is 5.78 Å². The van der Waals surface area contributed by atoms with Crippen LogP contribution in [-0.2, 0) is 30.4 Å². The first-order chi connectivity index (χ1) is 18.1. The summed E-state index contributed by atoms with van der Waals surface area (Å²) >= 11 is 1.66. The monoisotopic (exact) mass is 543 g/mol. The van der Waals surface area contributed by atoms with E-state index in [0.717, 1.165) is 26.4 Å². The first kappa shape index (κ1) is 31.9. The zero-order valence-corrected chi connectivity index (χ0v) is 22.2. The molecular formula is C27H33N3O7S. The second-order valence-corrected chi connectivity index (χ2v) is 9.03. The van der Waals surface area contributed by atoms with E-state index in [1.807, 2.05) is 49.4 Å². The highest BCUT2D eigenvalue weighted by molar-refractivity contribution is 7.21. The number of carboxylic acid groups (broad SMARTS) is 2. The summed E-state index contributed by atoms with van der Waals surface area (Å²) in [5, 5.41) is 18.3. The van der Waals surface area contributed by atoms with Crippen LogP contribution < -0.4 is 11.1 Å². The van der Waals surface area contributed by atoms with Crippen molar-refractivity contribution in [2.45, 2.75) is 58.4 Å². The Balaban J connectivity index is 0.000000794. The van der Waals surface area contributed by atoms with E-state index in [4.69, 9.17) is 20.7 Å². The number of carbonyl (C=O) groups excluding carboxylic acids is 3. The molecule has 5 N–H and O–H groups in total. The Bertz CT molecular complexity index is 1180. The number of primary amides is 1. The van der Waals surface area contributed by atoms with Gasteiger partial charge < -0.3 is 21.3 Å². The van der Waals surface area contributed by atoms with Gasteiger partial charge in [-0.05, 0) is 30.5 Å². The van der Waals surface area contributed by atoms with Crippen molar-refractivity contribution in [1.82, 2.24) is 10.3 Å². The van der Waals surface area contributed by atoms with Crippen molar-refractivity contribution >= 4 is 51.6 Å². The number of para-hydroxylation sites is 1. The van der Waals surface area contributed by atoms with E-state index in [1.165, 1.54) is 0 Å². The molecule has 0 aliphatic heterocycles. The third kappa shape index (κ3) is 11.7. The van der Waals surface area contributed by atoms with Crippen LogP contribution in [0.3, 0.4) is 0 Å². The van der Waals surface area contributed by atoms with Crippen LogP contribution in [0.1, 0.15) is 51.5 Å². The first-order valence-corrected chi connectivity index (χ1v) is 12.8. The number of benzene rings is 2. The van der Waals surface area contributed by atoms with Gasteiger partial charge in [-0.2, -0.15) is 0 Å². The highest BCUT2D eigenvalue weighted by Gasteiger charge is 2.19. The second kappa shape index (κ2) is 17.4. The molecule has 2 amide bonds. The average molecular weight is 544 g/mol. The number of ketones is 1. The van der Waals surface area contributed by atoms with E-state index < -0.39 is 17.9 Å². The normalized spacial score (nSPS) is 10.7. The number of aromatic nitrogens is 1. The van der Waals surface area contributed by atoms with Crippen molar-refractivity contribution in [2.75, 3.05) is 0 Å². The molecule has 1 heterocycles. The smallest absolute Gasteiger partial charge is 0.303 e. The summed E-state index contributed by atoms with van der Waals surface area (Å²) in [6.07, 6.45) is 1.64. The molecule has 0 fully saturated rings. The van der Waals surface area contributed by atoms with E-state index >= 15 is 0 Å². The number of thiazole rings is 1. The van der Waals surface area contributed by atoms with Crippen molar-refractivity contribution in [3.05, 3.63) is 54.1 Å². The maximum atomic E-state index is 12.3. The Kier molecular flexibility index (Phi) is 14.6. The third-order valence-electron chi connectivity index (χ3n) is 5.19. The van der Waals surface area contributed by atoms with Crippen molar-refractivity contribution < 1.29 is 34.2 Å². The number of nitrogens with two attached hydrogens (primary N) is 1. The first-order valence-electron chi connectivity index (χ1n) is 12.0.